The van der Waals surface area contributed by atoms with Crippen molar-refractivity contribution in [1.82, 2.24) is 0 Å². The number of esters is 2. The Labute approximate surface area is 267 Å². The molecule has 1 aromatic heterocycles. The molecule has 9 unspecified atom stereocenters. The number of aliphatic hydroxyl groups excluding tert-OH is 2. The Balaban J connectivity index is 1.48. The van der Waals surface area contributed by atoms with Crippen molar-refractivity contribution in [3.8, 4) is 0 Å². The lowest BCUT2D eigenvalue weighted by Crippen LogP contribution is -2.78. The highest BCUT2D eigenvalue weighted by Gasteiger charge is 2.74. The molecule has 0 spiro atoms. The lowest BCUT2D eigenvalue weighted by Gasteiger charge is -2.66. The van der Waals surface area contributed by atoms with Crippen LogP contribution in [0.4, 0.5) is 0 Å². The van der Waals surface area contributed by atoms with E-state index in [9.17, 15) is 34.8 Å². The Morgan fingerprint density at radius 1 is 1.07 bits per heavy atom. The first-order valence-corrected chi connectivity index (χ1v) is 15.5. The molecule has 246 valence electrons. The molecule has 11 heteroatoms. The number of rotatable bonds is 6. The summed E-state index contributed by atoms with van der Waals surface area (Å²) < 4.78 is 22.9. The zero-order valence-corrected chi connectivity index (χ0v) is 26.2. The Hall–Kier alpha value is -3.35. The number of carbonyl (C=O) groups excluding carboxylic acids is 3. The van der Waals surface area contributed by atoms with Crippen LogP contribution >= 0.6 is 0 Å². The second-order valence-corrected chi connectivity index (χ2v) is 13.9. The van der Waals surface area contributed by atoms with E-state index >= 15 is 0 Å². The van der Waals surface area contributed by atoms with E-state index in [1.165, 1.54) is 12.3 Å². The molecule has 3 aliphatic carbocycles. The normalized spacial score (nSPS) is 37.8. The van der Waals surface area contributed by atoms with Crippen LogP contribution in [0.25, 0.3) is 0 Å². The summed E-state index contributed by atoms with van der Waals surface area (Å²) in [4.78, 5) is 41.5. The minimum atomic E-state index is -2.12. The number of aliphatic hydroxyl groups is 4. The molecule has 4 aliphatic rings. The summed E-state index contributed by atoms with van der Waals surface area (Å²) in [6, 6.07) is 11.2. The van der Waals surface area contributed by atoms with E-state index < -0.39 is 82.1 Å². The third-order valence-corrected chi connectivity index (χ3v) is 11.2. The van der Waals surface area contributed by atoms with E-state index in [1.807, 2.05) is 0 Å². The third-order valence-electron chi connectivity index (χ3n) is 11.2. The van der Waals surface area contributed by atoms with Gasteiger partial charge in [-0.25, -0.2) is 9.59 Å². The highest BCUT2D eigenvalue weighted by molar-refractivity contribution is 5.93. The summed E-state index contributed by atoms with van der Waals surface area (Å²) in [6.45, 7) is 12.3. The number of hydrogen-bond donors (Lipinski definition) is 4. The fourth-order valence-electron chi connectivity index (χ4n) is 8.39. The van der Waals surface area contributed by atoms with Gasteiger partial charge in [-0.3, -0.25) is 4.79 Å². The van der Waals surface area contributed by atoms with Gasteiger partial charge in [0, 0.05) is 23.2 Å². The van der Waals surface area contributed by atoms with Gasteiger partial charge in [-0.15, -0.1) is 0 Å². The molecule has 1 saturated heterocycles. The minimum Gasteiger partial charge on any atom is -0.469 e. The molecule has 10 atom stereocenters. The smallest absolute Gasteiger partial charge is 0.338 e. The second kappa shape index (κ2) is 11.1. The number of Topliss-reactive ketones (excluding diaryl/α,β-unsaturated/α-hetero) is 1. The van der Waals surface area contributed by atoms with E-state index in [4.69, 9.17) is 25.6 Å². The number of ketones is 1. The molecular weight excluding hydrogens is 596 g/mol. The molecule has 3 fully saturated rings. The first kappa shape index (κ1) is 32.6. The van der Waals surface area contributed by atoms with Crippen LogP contribution in [0.2, 0.25) is 0 Å². The van der Waals surface area contributed by atoms with Gasteiger partial charge in [0.1, 0.15) is 35.3 Å². The van der Waals surface area contributed by atoms with Gasteiger partial charge in [0.05, 0.1) is 30.5 Å². The summed E-state index contributed by atoms with van der Waals surface area (Å²) >= 11 is 0. The fourth-order valence-corrected chi connectivity index (χ4v) is 8.39. The first-order valence-electron chi connectivity index (χ1n) is 15.5. The van der Waals surface area contributed by atoms with Crippen molar-refractivity contribution in [2.45, 2.75) is 94.6 Å². The number of hydrogen-bond acceptors (Lipinski definition) is 11. The highest BCUT2D eigenvalue weighted by Crippen LogP contribution is 2.63. The van der Waals surface area contributed by atoms with Crippen molar-refractivity contribution < 1.29 is 53.4 Å². The Bertz CT molecular complexity index is 1550. The molecule has 0 amide bonds. The molecule has 2 aromatic rings. The molecule has 46 heavy (non-hydrogen) atoms. The largest absolute Gasteiger partial charge is 0.469 e. The van der Waals surface area contributed by atoms with Crippen molar-refractivity contribution in [2.75, 3.05) is 6.61 Å². The van der Waals surface area contributed by atoms with Crippen molar-refractivity contribution >= 4 is 17.7 Å². The van der Waals surface area contributed by atoms with E-state index in [2.05, 4.69) is 0 Å². The molecule has 1 aromatic carbocycles. The molecule has 4 N–H and O–H groups in total. The van der Waals surface area contributed by atoms with Crippen LogP contribution in [-0.4, -0.2) is 86.5 Å². The van der Waals surface area contributed by atoms with Crippen molar-refractivity contribution in [3.63, 3.8) is 0 Å². The van der Waals surface area contributed by atoms with Crippen molar-refractivity contribution in [1.29, 1.82) is 0 Å². The summed E-state index contributed by atoms with van der Waals surface area (Å²) in [6.07, 6.45) is -5.62. The quantitative estimate of drug-likeness (QED) is 0.271. The number of ether oxygens (including phenoxy) is 3. The van der Waals surface area contributed by atoms with Gasteiger partial charge in [-0.2, -0.15) is 0 Å². The molecule has 11 nitrogen and oxygen atoms in total. The summed E-state index contributed by atoms with van der Waals surface area (Å²) in [5.74, 6) is -4.86. The maximum absolute atomic E-state index is 14.4. The molecule has 6 rings (SSSR count). The van der Waals surface area contributed by atoms with Gasteiger partial charge in [-0.1, -0.05) is 39.0 Å². The van der Waals surface area contributed by atoms with E-state index in [0.717, 1.165) is 0 Å². The molecule has 1 aliphatic heterocycles. The van der Waals surface area contributed by atoms with Crippen LogP contribution in [0.3, 0.4) is 0 Å². The Kier molecular flexibility index (Phi) is 7.88. The van der Waals surface area contributed by atoms with E-state index in [1.54, 1.807) is 64.1 Å². The highest BCUT2D eigenvalue weighted by atomic mass is 16.6. The van der Waals surface area contributed by atoms with Crippen LogP contribution in [0.15, 0.2) is 64.3 Å². The van der Waals surface area contributed by atoms with Crippen molar-refractivity contribution in [3.05, 3.63) is 78.1 Å². The van der Waals surface area contributed by atoms with Crippen LogP contribution in [0.5, 0.6) is 0 Å². The number of furan rings is 1. The van der Waals surface area contributed by atoms with Gasteiger partial charge in [0.25, 0.3) is 0 Å². The fraction of sp³-hybridized carbons (Fsp3) is 0.543. The molecule has 2 heterocycles. The molecule has 2 radical (unpaired) electrons. The maximum atomic E-state index is 14.4. The molecular formula is C35H40O11. The zero-order chi connectivity index (χ0) is 33.4. The topological polar surface area (TPSA) is 173 Å². The predicted molar refractivity (Wildman–Crippen MR) is 160 cm³/mol. The standard InChI is InChI=1S/C35H40O11/c1-18-22(45-31(40)25(36)19(2)21-12-9-15-43-21)16-35(42)29(46-30(39)20-10-7-6-8-11-20)27-33(5,14-13-23-34(27,41)17-44-23)28(38)26(37)24(18)32(35,3)4/h2,6-12,15,19,22-23,25-27,29,36-37,41-42H,13-14,16-17H2,1,3-5H3/t19?,22?,23?,25?,26?,27?,29?,33-,34?,35?/m1/s1. The van der Waals surface area contributed by atoms with Gasteiger partial charge in [0.2, 0.25) is 0 Å². The average Bonchev–Trinajstić information content (AvgIpc) is 3.56. The average molecular weight is 637 g/mol. The monoisotopic (exact) mass is 636 g/mol. The lowest BCUT2D eigenvalue weighted by molar-refractivity contribution is -0.329. The Morgan fingerprint density at radius 2 is 1.76 bits per heavy atom. The molecule has 2 saturated carbocycles. The SMILES string of the molecule is [CH]C(c1ccco1)C(O)C(=O)OC1CC2(O)C(OC(=O)c3ccccc3)C3C4(O)COC4CC[C@@]3(C)C(=O)C(O)C(=C1C)C2(C)C. The third kappa shape index (κ3) is 4.62. The summed E-state index contributed by atoms with van der Waals surface area (Å²) in [5.41, 5.74) is -6.10. The predicted octanol–water partition coefficient (Wildman–Crippen LogP) is 2.54. The first-order chi connectivity index (χ1) is 21.6. The van der Waals surface area contributed by atoms with Crippen LogP contribution in [0.1, 0.15) is 69.0 Å². The number of fused-ring (bicyclic) bond motifs is 5. The lowest BCUT2D eigenvalue weighted by atomic mass is 9.45. The summed E-state index contributed by atoms with van der Waals surface area (Å²) in [7, 11) is 0. The number of benzene rings is 1. The van der Waals surface area contributed by atoms with E-state index in [-0.39, 0.29) is 36.3 Å². The van der Waals surface area contributed by atoms with E-state index in [0.29, 0.717) is 12.0 Å². The molecule has 2 bridgehead atoms. The Morgan fingerprint density at radius 3 is 2.37 bits per heavy atom. The number of carbonyl (C=O) groups is 3. The van der Waals surface area contributed by atoms with Crippen molar-refractivity contribution in [2.24, 2.45) is 16.7 Å². The maximum Gasteiger partial charge on any atom is 0.338 e. The second-order valence-electron chi connectivity index (χ2n) is 13.9. The summed E-state index contributed by atoms with van der Waals surface area (Å²) in [5, 5.41) is 47.7. The van der Waals surface area contributed by atoms with Crippen LogP contribution < -0.4 is 0 Å². The van der Waals surface area contributed by atoms with Gasteiger partial charge >= 0.3 is 11.9 Å². The van der Waals surface area contributed by atoms with Crippen LogP contribution in [-0.2, 0) is 23.8 Å². The van der Waals surface area contributed by atoms with Gasteiger partial charge in [-0.05, 0) is 62.1 Å². The zero-order valence-electron chi connectivity index (χ0n) is 26.2. The van der Waals surface area contributed by atoms with Gasteiger partial charge < -0.3 is 39.1 Å². The minimum absolute atomic E-state index is 0.105. The van der Waals surface area contributed by atoms with Crippen LogP contribution in [0, 0.1) is 23.7 Å². The van der Waals surface area contributed by atoms with Gasteiger partial charge in [0.15, 0.2) is 11.9 Å².